The molecule has 0 saturated heterocycles. The number of hydrogen-bond acceptors (Lipinski definition) is 6. The standard InChI is InChI=1S/C14H18FN5S/c1-9(7-10-3-5-11(15)6-4-10)17-12-8-13(20-16)19-14(18-12)21-2/h3-6,8-9H,7,16H2,1-2H3,(H2,17,18,19,20). The van der Waals surface area contributed by atoms with E-state index in [1.54, 1.807) is 18.2 Å². The number of benzene rings is 1. The summed E-state index contributed by atoms with van der Waals surface area (Å²) in [6.07, 6.45) is 2.67. The fourth-order valence-electron chi connectivity index (χ4n) is 1.94. The largest absolute Gasteiger partial charge is 0.367 e. The Labute approximate surface area is 127 Å². The number of anilines is 2. The summed E-state index contributed by atoms with van der Waals surface area (Å²) < 4.78 is 12.9. The summed E-state index contributed by atoms with van der Waals surface area (Å²) >= 11 is 1.45. The molecule has 1 aromatic heterocycles. The van der Waals surface area contributed by atoms with Crippen molar-refractivity contribution in [3.63, 3.8) is 0 Å². The maximum absolute atomic E-state index is 12.9. The van der Waals surface area contributed by atoms with E-state index >= 15 is 0 Å². The summed E-state index contributed by atoms with van der Waals surface area (Å²) in [6.45, 7) is 2.04. The van der Waals surface area contributed by atoms with E-state index < -0.39 is 0 Å². The van der Waals surface area contributed by atoms with Gasteiger partial charge in [-0.1, -0.05) is 23.9 Å². The van der Waals surface area contributed by atoms with E-state index in [9.17, 15) is 4.39 Å². The van der Waals surface area contributed by atoms with E-state index in [1.165, 1.54) is 23.9 Å². The van der Waals surface area contributed by atoms with Gasteiger partial charge in [0.25, 0.3) is 0 Å². The molecule has 0 spiro atoms. The zero-order valence-corrected chi connectivity index (χ0v) is 12.7. The van der Waals surface area contributed by atoms with Gasteiger partial charge in [-0.25, -0.2) is 20.2 Å². The number of nitrogens with zero attached hydrogens (tertiary/aromatic N) is 2. The Morgan fingerprint density at radius 3 is 2.52 bits per heavy atom. The summed E-state index contributed by atoms with van der Waals surface area (Å²) in [6, 6.07) is 8.40. The first-order chi connectivity index (χ1) is 10.1. The molecule has 2 aromatic rings. The lowest BCUT2D eigenvalue weighted by Gasteiger charge is -2.15. The van der Waals surface area contributed by atoms with Crippen LogP contribution in [0.2, 0.25) is 0 Å². The predicted molar refractivity (Wildman–Crippen MR) is 84.8 cm³/mol. The lowest BCUT2D eigenvalue weighted by Crippen LogP contribution is -2.20. The summed E-state index contributed by atoms with van der Waals surface area (Å²) in [5, 5.41) is 3.94. The molecule has 21 heavy (non-hydrogen) atoms. The minimum Gasteiger partial charge on any atom is -0.367 e. The zero-order chi connectivity index (χ0) is 15.2. The highest BCUT2D eigenvalue weighted by Crippen LogP contribution is 2.18. The van der Waals surface area contributed by atoms with Crippen molar-refractivity contribution in [3.05, 3.63) is 41.7 Å². The summed E-state index contributed by atoms with van der Waals surface area (Å²) in [5.41, 5.74) is 3.59. The number of hydrogen-bond donors (Lipinski definition) is 3. The number of nitrogen functional groups attached to an aromatic ring is 1. The van der Waals surface area contributed by atoms with Crippen molar-refractivity contribution in [1.29, 1.82) is 0 Å². The molecule has 5 nitrogen and oxygen atoms in total. The van der Waals surface area contributed by atoms with Crippen LogP contribution in [0.4, 0.5) is 16.0 Å². The lowest BCUT2D eigenvalue weighted by molar-refractivity contribution is 0.626. The van der Waals surface area contributed by atoms with Crippen LogP contribution in [-0.2, 0) is 6.42 Å². The topological polar surface area (TPSA) is 75.9 Å². The van der Waals surface area contributed by atoms with Crippen molar-refractivity contribution >= 4 is 23.4 Å². The first-order valence-electron chi connectivity index (χ1n) is 6.51. The Bertz CT molecular complexity index is 568. The molecule has 0 bridgehead atoms. The Balaban J connectivity index is 2.04. The minimum atomic E-state index is -0.224. The molecule has 0 aliphatic rings. The molecule has 112 valence electrons. The number of nitrogens with one attached hydrogen (secondary N) is 2. The van der Waals surface area contributed by atoms with Gasteiger partial charge in [-0.15, -0.1) is 0 Å². The number of thioether (sulfide) groups is 1. The van der Waals surface area contributed by atoms with Gasteiger partial charge in [0.15, 0.2) is 5.16 Å². The maximum atomic E-state index is 12.9. The van der Waals surface area contributed by atoms with Gasteiger partial charge in [-0.05, 0) is 37.3 Å². The average molecular weight is 307 g/mol. The highest BCUT2D eigenvalue weighted by molar-refractivity contribution is 7.98. The summed E-state index contributed by atoms with van der Waals surface area (Å²) in [5.74, 6) is 6.44. The second-order valence-electron chi connectivity index (χ2n) is 4.65. The number of nitrogens with two attached hydrogens (primary N) is 1. The van der Waals surface area contributed by atoms with Crippen LogP contribution >= 0.6 is 11.8 Å². The zero-order valence-electron chi connectivity index (χ0n) is 11.9. The van der Waals surface area contributed by atoms with Crippen LogP contribution in [-0.4, -0.2) is 22.3 Å². The predicted octanol–water partition coefficient (Wildman–Crippen LogP) is 2.67. The molecular formula is C14H18FN5S. The molecule has 2 rings (SSSR count). The molecule has 0 aliphatic heterocycles. The van der Waals surface area contributed by atoms with E-state index in [0.717, 1.165) is 12.0 Å². The van der Waals surface area contributed by atoms with Crippen LogP contribution in [0.15, 0.2) is 35.5 Å². The van der Waals surface area contributed by atoms with Crippen molar-refractivity contribution in [3.8, 4) is 0 Å². The highest BCUT2D eigenvalue weighted by atomic mass is 32.2. The van der Waals surface area contributed by atoms with E-state index in [1.807, 2.05) is 13.2 Å². The normalized spacial score (nSPS) is 12.0. The molecular weight excluding hydrogens is 289 g/mol. The molecule has 1 aromatic carbocycles. The SMILES string of the molecule is CSc1nc(NN)cc(NC(C)Cc2ccc(F)cc2)n1. The van der Waals surface area contributed by atoms with Crippen LogP contribution < -0.4 is 16.6 Å². The average Bonchev–Trinajstić information content (AvgIpc) is 2.49. The minimum absolute atomic E-state index is 0.144. The number of aromatic nitrogens is 2. The van der Waals surface area contributed by atoms with Crippen molar-refractivity contribution in [1.82, 2.24) is 9.97 Å². The van der Waals surface area contributed by atoms with Gasteiger partial charge < -0.3 is 10.7 Å². The molecule has 7 heteroatoms. The molecule has 0 aliphatic carbocycles. The highest BCUT2D eigenvalue weighted by Gasteiger charge is 2.08. The monoisotopic (exact) mass is 307 g/mol. The second kappa shape index (κ2) is 7.24. The third-order valence-electron chi connectivity index (χ3n) is 2.89. The molecule has 0 amide bonds. The first-order valence-corrected chi connectivity index (χ1v) is 7.74. The Morgan fingerprint density at radius 2 is 1.90 bits per heavy atom. The fourth-order valence-corrected chi connectivity index (χ4v) is 2.32. The van der Waals surface area contributed by atoms with Crippen molar-refractivity contribution in [2.45, 2.75) is 24.5 Å². The van der Waals surface area contributed by atoms with Crippen molar-refractivity contribution < 1.29 is 4.39 Å². The van der Waals surface area contributed by atoms with Crippen LogP contribution in [0.3, 0.4) is 0 Å². The molecule has 1 heterocycles. The van der Waals surface area contributed by atoms with E-state index in [4.69, 9.17) is 5.84 Å². The van der Waals surface area contributed by atoms with E-state index in [0.29, 0.717) is 16.8 Å². The first kappa shape index (κ1) is 15.5. The smallest absolute Gasteiger partial charge is 0.191 e. The third kappa shape index (κ3) is 4.57. The van der Waals surface area contributed by atoms with Gasteiger partial charge in [0.05, 0.1) is 0 Å². The number of halogens is 1. The Kier molecular flexibility index (Phi) is 5.35. The molecule has 0 radical (unpaired) electrons. The van der Waals surface area contributed by atoms with Gasteiger partial charge in [0, 0.05) is 12.1 Å². The summed E-state index contributed by atoms with van der Waals surface area (Å²) in [7, 11) is 0. The molecule has 1 unspecified atom stereocenters. The number of rotatable bonds is 6. The molecule has 0 fully saturated rings. The van der Waals surface area contributed by atoms with Gasteiger partial charge in [0.1, 0.15) is 17.5 Å². The van der Waals surface area contributed by atoms with Crippen molar-refractivity contribution in [2.24, 2.45) is 5.84 Å². The summed E-state index contributed by atoms with van der Waals surface area (Å²) in [4.78, 5) is 8.59. The van der Waals surface area contributed by atoms with Crippen LogP contribution in [0, 0.1) is 5.82 Å². The van der Waals surface area contributed by atoms with Crippen LogP contribution in [0.25, 0.3) is 0 Å². The van der Waals surface area contributed by atoms with Crippen LogP contribution in [0.5, 0.6) is 0 Å². The van der Waals surface area contributed by atoms with Crippen LogP contribution in [0.1, 0.15) is 12.5 Å². The molecule has 0 saturated carbocycles. The Morgan fingerprint density at radius 1 is 1.24 bits per heavy atom. The van der Waals surface area contributed by atoms with Gasteiger partial charge in [-0.3, -0.25) is 0 Å². The Hall–Kier alpha value is -1.86. The molecule has 4 N–H and O–H groups in total. The maximum Gasteiger partial charge on any atom is 0.191 e. The van der Waals surface area contributed by atoms with Gasteiger partial charge in [-0.2, -0.15) is 0 Å². The second-order valence-corrected chi connectivity index (χ2v) is 5.42. The quantitative estimate of drug-likeness (QED) is 0.330. The molecule has 1 atom stereocenters. The van der Waals surface area contributed by atoms with E-state index in [2.05, 4.69) is 20.7 Å². The lowest BCUT2D eigenvalue weighted by atomic mass is 10.1. The van der Waals surface area contributed by atoms with Gasteiger partial charge >= 0.3 is 0 Å². The van der Waals surface area contributed by atoms with E-state index in [-0.39, 0.29) is 11.9 Å². The van der Waals surface area contributed by atoms with Crippen molar-refractivity contribution in [2.75, 3.05) is 17.0 Å². The van der Waals surface area contributed by atoms with Gasteiger partial charge in [0.2, 0.25) is 0 Å². The third-order valence-corrected chi connectivity index (χ3v) is 3.43. The fraction of sp³-hybridized carbons (Fsp3) is 0.286. The number of hydrazine groups is 1.